The van der Waals surface area contributed by atoms with E-state index < -0.39 is 21.1 Å². The standard InChI is InChI=1S/C6H9F3N2O2S/c1-5(2,3)10-4-11-14(12,13)6(7,8)9/h1-3H3. The molecule has 0 saturated carbocycles. The van der Waals surface area contributed by atoms with Gasteiger partial charge in [0.1, 0.15) is 6.01 Å². The van der Waals surface area contributed by atoms with Crippen LogP contribution in [0.5, 0.6) is 0 Å². The van der Waals surface area contributed by atoms with Gasteiger partial charge in [0.05, 0.1) is 5.54 Å². The molecule has 0 rings (SSSR count). The Morgan fingerprint density at radius 1 is 1.14 bits per heavy atom. The molecule has 0 aromatic carbocycles. The van der Waals surface area contributed by atoms with E-state index >= 15 is 0 Å². The number of nitrogens with zero attached hydrogens (tertiary/aromatic N) is 2. The van der Waals surface area contributed by atoms with Crippen molar-refractivity contribution in [3.63, 3.8) is 0 Å². The first-order chi connectivity index (χ1) is 5.96. The van der Waals surface area contributed by atoms with Crippen LogP contribution in [0, 0.1) is 0 Å². The molecule has 82 valence electrons. The molecule has 0 aliphatic rings. The van der Waals surface area contributed by atoms with Crippen molar-refractivity contribution in [2.45, 2.75) is 31.8 Å². The predicted molar refractivity (Wildman–Crippen MR) is 44.6 cm³/mol. The Balaban J connectivity index is 4.98. The molecule has 8 heteroatoms. The topological polar surface area (TPSA) is 58.9 Å². The zero-order chi connectivity index (χ0) is 11.6. The summed E-state index contributed by atoms with van der Waals surface area (Å²) in [5, 5.41) is 0. The molecule has 4 nitrogen and oxygen atoms in total. The molecule has 0 aliphatic heterocycles. The molecule has 0 aromatic rings. The summed E-state index contributed by atoms with van der Waals surface area (Å²) in [6, 6.07) is 1.51. The number of aliphatic imine (C=N–C) groups is 1. The highest BCUT2D eigenvalue weighted by Gasteiger charge is 2.46. The minimum Gasteiger partial charge on any atom is -0.219 e. The lowest BCUT2D eigenvalue weighted by atomic mass is 10.1. The molecule has 0 bridgehead atoms. The van der Waals surface area contributed by atoms with Gasteiger partial charge in [-0.15, -0.1) is 0 Å². The summed E-state index contributed by atoms with van der Waals surface area (Å²) in [6.45, 7) is 4.70. The maximum atomic E-state index is 11.7. The van der Waals surface area contributed by atoms with Crippen molar-refractivity contribution in [3.05, 3.63) is 0 Å². The molecule has 0 heterocycles. The fourth-order valence-corrected chi connectivity index (χ4v) is 0.528. The van der Waals surface area contributed by atoms with Gasteiger partial charge in [-0.1, -0.05) is 4.40 Å². The van der Waals surface area contributed by atoms with Crippen LogP contribution in [0.2, 0.25) is 0 Å². The highest BCUT2D eigenvalue weighted by atomic mass is 32.2. The normalized spacial score (nSPS) is 13.3. The van der Waals surface area contributed by atoms with Crippen LogP contribution < -0.4 is 0 Å². The van der Waals surface area contributed by atoms with Crippen LogP contribution in [0.1, 0.15) is 20.8 Å². The number of alkyl halides is 3. The molecule has 0 amide bonds. The molecule has 0 radical (unpaired) electrons. The summed E-state index contributed by atoms with van der Waals surface area (Å²) in [5.41, 5.74) is -6.11. The van der Waals surface area contributed by atoms with Gasteiger partial charge in [0.15, 0.2) is 0 Å². The van der Waals surface area contributed by atoms with Crippen LogP contribution >= 0.6 is 0 Å². The molecular weight excluding hydrogens is 221 g/mol. The van der Waals surface area contributed by atoms with Crippen molar-refractivity contribution in [2.24, 2.45) is 9.39 Å². The fourth-order valence-electron chi connectivity index (χ4n) is 0.276. The lowest BCUT2D eigenvalue weighted by molar-refractivity contribution is -0.0435. The zero-order valence-electron chi connectivity index (χ0n) is 7.75. The number of sulfonamides is 1. The molecule has 0 aromatic heterocycles. The molecule has 0 unspecified atom stereocenters. The van der Waals surface area contributed by atoms with E-state index in [9.17, 15) is 21.6 Å². The first-order valence-corrected chi connectivity index (χ1v) is 4.90. The maximum absolute atomic E-state index is 11.7. The fraction of sp³-hybridized carbons (Fsp3) is 0.833. The quantitative estimate of drug-likeness (QED) is 0.645. The zero-order valence-corrected chi connectivity index (χ0v) is 8.57. The van der Waals surface area contributed by atoms with E-state index in [-0.39, 0.29) is 0 Å². The number of halogens is 3. The van der Waals surface area contributed by atoms with Gasteiger partial charge in [0.25, 0.3) is 0 Å². The Kier molecular flexibility index (Phi) is 3.47. The van der Waals surface area contributed by atoms with Gasteiger partial charge >= 0.3 is 15.5 Å². The van der Waals surface area contributed by atoms with Crippen molar-refractivity contribution >= 4 is 16.0 Å². The van der Waals surface area contributed by atoms with Gasteiger partial charge in [0.2, 0.25) is 0 Å². The Labute approximate surface area is 79.6 Å². The average Bonchev–Trinajstić information content (AvgIpc) is 1.80. The summed E-state index contributed by atoms with van der Waals surface area (Å²) < 4.78 is 58.0. The Morgan fingerprint density at radius 3 is 1.86 bits per heavy atom. The number of hydrogen-bond donors (Lipinski definition) is 0. The maximum Gasteiger partial charge on any atom is 0.519 e. The summed E-state index contributed by atoms with van der Waals surface area (Å²) in [6.07, 6.45) is 0. The van der Waals surface area contributed by atoms with Crippen molar-refractivity contribution in [2.75, 3.05) is 0 Å². The minimum atomic E-state index is -5.50. The summed E-state index contributed by atoms with van der Waals surface area (Å²) in [7, 11) is -5.50. The molecule has 0 saturated heterocycles. The third kappa shape index (κ3) is 4.38. The summed E-state index contributed by atoms with van der Waals surface area (Å²) in [4.78, 5) is 3.36. The highest BCUT2D eigenvalue weighted by Crippen LogP contribution is 2.23. The molecule has 0 atom stereocenters. The Morgan fingerprint density at radius 2 is 1.57 bits per heavy atom. The highest BCUT2D eigenvalue weighted by molar-refractivity contribution is 7.91. The first kappa shape index (κ1) is 13.1. The van der Waals surface area contributed by atoms with Crippen molar-refractivity contribution in [1.29, 1.82) is 0 Å². The van der Waals surface area contributed by atoms with E-state index in [4.69, 9.17) is 0 Å². The molecular formula is C6H9F3N2O2S. The summed E-state index contributed by atoms with van der Waals surface area (Å²) >= 11 is 0. The van der Waals surface area contributed by atoms with Crippen molar-refractivity contribution < 1.29 is 21.6 Å². The third-order valence-electron chi connectivity index (χ3n) is 0.839. The second-order valence-electron chi connectivity index (χ2n) is 3.39. The lowest BCUT2D eigenvalue weighted by Gasteiger charge is -2.07. The van der Waals surface area contributed by atoms with E-state index in [1.807, 2.05) is 0 Å². The van der Waals surface area contributed by atoms with Crippen LogP contribution in [-0.2, 0) is 10.0 Å². The van der Waals surface area contributed by atoms with Crippen molar-refractivity contribution in [1.82, 2.24) is 0 Å². The van der Waals surface area contributed by atoms with Gasteiger partial charge in [-0.3, -0.25) is 0 Å². The van der Waals surface area contributed by atoms with Crippen molar-refractivity contribution in [3.8, 4) is 0 Å². The Bertz CT molecular complexity index is 358. The number of rotatable bonds is 1. The summed E-state index contributed by atoms with van der Waals surface area (Å²) in [5.74, 6) is 0. The SMILES string of the molecule is CC(C)(C)N=C=NS(=O)(=O)C(F)(F)F. The van der Waals surface area contributed by atoms with Crippen LogP contribution in [0.15, 0.2) is 9.39 Å². The molecule has 0 spiro atoms. The second kappa shape index (κ2) is 3.70. The largest absolute Gasteiger partial charge is 0.519 e. The molecule has 0 aliphatic carbocycles. The van der Waals surface area contributed by atoms with Gasteiger partial charge in [-0.25, -0.2) is 4.99 Å². The monoisotopic (exact) mass is 230 g/mol. The minimum absolute atomic E-state index is 0.718. The first-order valence-electron chi connectivity index (χ1n) is 3.46. The van der Waals surface area contributed by atoms with Crippen LogP contribution in [0.3, 0.4) is 0 Å². The van der Waals surface area contributed by atoms with E-state index in [0.29, 0.717) is 0 Å². The van der Waals surface area contributed by atoms with Gasteiger partial charge in [0, 0.05) is 0 Å². The molecule has 14 heavy (non-hydrogen) atoms. The van der Waals surface area contributed by atoms with Gasteiger partial charge in [-0.2, -0.15) is 21.6 Å². The molecule has 0 N–H and O–H groups in total. The van der Waals surface area contributed by atoms with E-state index in [2.05, 4.69) is 9.39 Å². The molecule has 0 fully saturated rings. The smallest absolute Gasteiger partial charge is 0.219 e. The van der Waals surface area contributed by atoms with Crippen LogP contribution in [0.25, 0.3) is 0 Å². The van der Waals surface area contributed by atoms with E-state index in [0.717, 1.165) is 0 Å². The predicted octanol–water partition coefficient (Wildman–Crippen LogP) is 1.81. The van der Waals surface area contributed by atoms with Gasteiger partial charge < -0.3 is 0 Å². The van der Waals surface area contributed by atoms with Crippen LogP contribution in [-0.4, -0.2) is 25.5 Å². The lowest BCUT2D eigenvalue weighted by Crippen LogP contribution is -2.20. The third-order valence-corrected chi connectivity index (χ3v) is 1.75. The number of hydrogen-bond acceptors (Lipinski definition) is 3. The van der Waals surface area contributed by atoms with Gasteiger partial charge in [-0.05, 0) is 20.8 Å². The van der Waals surface area contributed by atoms with E-state index in [1.165, 1.54) is 6.01 Å². The van der Waals surface area contributed by atoms with E-state index in [1.54, 1.807) is 20.8 Å². The van der Waals surface area contributed by atoms with Crippen LogP contribution in [0.4, 0.5) is 13.2 Å². The Hall–Kier alpha value is -0.880. The average molecular weight is 230 g/mol. The second-order valence-corrected chi connectivity index (χ2v) is 4.99.